The molecule has 4 heteroatoms. The Kier molecular flexibility index (Phi) is 2.35. The van der Waals surface area contributed by atoms with Crippen molar-refractivity contribution in [2.45, 2.75) is 20.8 Å². The largest absolute Gasteiger partial charge is 0.354 e. The van der Waals surface area contributed by atoms with E-state index in [-0.39, 0.29) is 5.41 Å². The molecule has 0 fully saturated rings. The topological polar surface area (TPSA) is 42.7 Å². The predicted molar refractivity (Wildman–Crippen MR) is 48.9 cm³/mol. The molecule has 12 heavy (non-hydrogen) atoms. The van der Waals surface area contributed by atoms with Crippen molar-refractivity contribution in [1.29, 1.82) is 0 Å². The molecule has 0 saturated heterocycles. The molecule has 0 atom stereocenters. The van der Waals surface area contributed by atoms with Gasteiger partial charge in [0, 0.05) is 13.6 Å². The van der Waals surface area contributed by atoms with Crippen LogP contribution in [0.3, 0.4) is 0 Å². The lowest BCUT2D eigenvalue weighted by Crippen LogP contribution is -2.20. The first-order valence-corrected chi connectivity index (χ1v) is 4.07. The Hall–Kier alpha value is -1.06. The molecule has 0 aliphatic rings. The van der Waals surface area contributed by atoms with E-state index < -0.39 is 0 Å². The van der Waals surface area contributed by atoms with E-state index in [2.05, 4.69) is 36.2 Å². The van der Waals surface area contributed by atoms with Crippen molar-refractivity contribution < 1.29 is 0 Å². The van der Waals surface area contributed by atoms with Crippen LogP contribution in [-0.4, -0.2) is 21.3 Å². The van der Waals surface area contributed by atoms with E-state index in [1.54, 1.807) is 11.0 Å². The van der Waals surface area contributed by atoms with Gasteiger partial charge in [-0.25, -0.2) is 4.68 Å². The Labute approximate surface area is 73.0 Å². The number of nitrogens with one attached hydrogen (secondary N) is 1. The smallest absolute Gasteiger partial charge is 0.220 e. The maximum atomic E-state index is 4.06. The third-order valence-corrected chi connectivity index (χ3v) is 1.49. The number of aryl methyl sites for hydroxylation is 1. The van der Waals surface area contributed by atoms with Crippen LogP contribution in [-0.2, 0) is 7.05 Å². The number of aromatic nitrogens is 3. The number of nitrogens with zero attached hydrogens (tertiary/aromatic N) is 3. The van der Waals surface area contributed by atoms with E-state index in [9.17, 15) is 0 Å². The van der Waals surface area contributed by atoms with E-state index in [4.69, 9.17) is 0 Å². The third-order valence-electron chi connectivity index (χ3n) is 1.49. The molecule has 68 valence electrons. The molecule has 0 amide bonds. The molecule has 0 unspecified atom stereocenters. The summed E-state index contributed by atoms with van der Waals surface area (Å²) in [5.74, 6) is 0.824. The van der Waals surface area contributed by atoms with Crippen LogP contribution in [0.2, 0.25) is 0 Å². The van der Waals surface area contributed by atoms with E-state index in [0.717, 1.165) is 12.5 Å². The maximum absolute atomic E-state index is 4.06. The van der Waals surface area contributed by atoms with Crippen LogP contribution in [0.4, 0.5) is 5.95 Å². The summed E-state index contributed by atoms with van der Waals surface area (Å²) in [6, 6.07) is 0. The van der Waals surface area contributed by atoms with Crippen molar-refractivity contribution in [1.82, 2.24) is 14.8 Å². The second-order valence-corrected chi connectivity index (χ2v) is 4.12. The molecule has 0 aromatic carbocycles. The minimum absolute atomic E-state index is 0.270. The van der Waals surface area contributed by atoms with Crippen LogP contribution >= 0.6 is 0 Å². The fraction of sp³-hybridized carbons (Fsp3) is 0.750. The van der Waals surface area contributed by atoms with Crippen molar-refractivity contribution in [3.05, 3.63) is 6.33 Å². The molecule has 0 aliphatic carbocycles. The van der Waals surface area contributed by atoms with Gasteiger partial charge in [-0.05, 0) is 5.41 Å². The molecule has 0 spiro atoms. The van der Waals surface area contributed by atoms with Gasteiger partial charge in [0.1, 0.15) is 6.33 Å². The van der Waals surface area contributed by atoms with Crippen LogP contribution in [0, 0.1) is 5.41 Å². The molecule has 1 aromatic rings. The number of hydrogen-bond acceptors (Lipinski definition) is 3. The standard InChI is InChI=1S/C8H16N4/c1-8(2,3)5-9-7-10-6-11-12(7)4/h6H,5H2,1-4H3,(H,9,10,11). The maximum Gasteiger partial charge on any atom is 0.220 e. The Morgan fingerprint density at radius 1 is 1.50 bits per heavy atom. The monoisotopic (exact) mass is 168 g/mol. The number of anilines is 1. The number of hydrogen-bond donors (Lipinski definition) is 1. The quantitative estimate of drug-likeness (QED) is 0.723. The molecule has 1 N–H and O–H groups in total. The van der Waals surface area contributed by atoms with Gasteiger partial charge in [0.05, 0.1) is 0 Å². The molecule has 0 aliphatic heterocycles. The highest BCUT2D eigenvalue weighted by Crippen LogP contribution is 2.13. The highest BCUT2D eigenvalue weighted by molar-refractivity contribution is 5.22. The van der Waals surface area contributed by atoms with Crippen LogP contribution in [0.15, 0.2) is 6.33 Å². The average Bonchev–Trinajstić information content (AvgIpc) is 2.29. The van der Waals surface area contributed by atoms with E-state index in [1.807, 2.05) is 7.05 Å². The second-order valence-electron chi connectivity index (χ2n) is 4.12. The second kappa shape index (κ2) is 3.13. The summed E-state index contributed by atoms with van der Waals surface area (Å²) in [5.41, 5.74) is 0.270. The van der Waals surface area contributed by atoms with Gasteiger partial charge in [0.25, 0.3) is 0 Å². The van der Waals surface area contributed by atoms with E-state index in [0.29, 0.717) is 0 Å². The minimum atomic E-state index is 0.270. The SMILES string of the molecule is Cn1ncnc1NCC(C)(C)C. The van der Waals surface area contributed by atoms with Gasteiger partial charge in [0.15, 0.2) is 0 Å². The summed E-state index contributed by atoms with van der Waals surface area (Å²) >= 11 is 0. The Balaban J connectivity index is 2.49. The first-order chi connectivity index (χ1) is 5.49. The van der Waals surface area contributed by atoms with Crippen molar-refractivity contribution in [2.24, 2.45) is 12.5 Å². The van der Waals surface area contributed by atoms with E-state index >= 15 is 0 Å². The Morgan fingerprint density at radius 3 is 2.58 bits per heavy atom. The molecule has 1 rings (SSSR count). The van der Waals surface area contributed by atoms with Crippen LogP contribution in [0.5, 0.6) is 0 Å². The molecular weight excluding hydrogens is 152 g/mol. The van der Waals surface area contributed by atoms with Gasteiger partial charge in [-0.2, -0.15) is 10.1 Å². The first kappa shape index (κ1) is 9.03. The van der Waals surface area contributed by atoms with Crippen molar-refractivity contribution in [2.75, 3.05) is 11.9 Å². The Bertz CT molecular complexity index is 246. The average molecular weight is 168 g/mol. The molecule has 0 saturated carbocycles. The molecule has 0 bridgehead atoms. The van der Waals surface area contributed by atoms with Crippen molar-refractivity contribution in [3.63, 3.8) is 0 Å². The highest BCUT2D eigenvalue weighted by atomic mass is 15.4. The zero-order valence-corrected chi connectivity index (χ0v) is 8.13. The predicted octanol–water partition coefficient (Wildman–Crippen LogP) is 1.27. The highest BCUT2D eigenvalue weighted by Gasteiger charge is 2.10. The zero-order chi connectivity index (χ0) is 9.19. The van der Waals surface area contributed by atoms with Gasteiger partial charge >= 0.3 is 0 Å². The normalized spacial score (nSPS) is 11.7. The molecule has 1 aromatic heterocycles. The van der Waals surface area contributed by atoms with E-state index in [1.165, 1.54) is 0 Å². The first-order valence-electron chi connectivity index (χ1n) is 4.07. The summed E-state index contributed by atoms with van der Waals surface area (Å²) < 4.78 is 1.73. The lowest BCUT2D eigenvalue weighted by molar-refractivity contribution is 0.441. The lowest BCUT2D eigenvalue weighted by Gasteiger charge is -2.18. The van der Waals surface area contributed by atoms with Gasteiger partial charge in [-0.15, -0.1) is 0 Å². The fourth-order valence-electron chi connectivity index (χ4n) is 0.800. The van der Waals surface area contributed by atoms with Crippen molar-refractivity contribution >= 4 is 5.95 Å². The molecule has 1 heterocycles. The summed E-state index contributed by atoms with van der Waals surface area (Å²) in [6.07, 6.45) is 1.55. The van der Waals surface area contributed by atoms with Crippen molar-refractivity contribution in [3.8, 4) is 0 Å². The molecular formula is C8H16N4. The Morgan fingerprint density at radius 2 is 2.17 bits per heavy atom. The van der Waals surface area contributed by atoms with Crippen LogP contribution in [0.25, 0.3) is 0 Å². The third kappa shape index (κ3) is 2.53. The fourth-order valence-corrected chi connectivity index (χ4v) is 0.800. The van der Waals surface area contributed by atoms with Crippen LogP contribution in [0.1, 0.15) is 20.8 Å². The number of rotatable bonds is 2. The van der Waals surface area contributed by atoms with Gasteiger partial charge in [-0.3, -0.25) is 0 Å². The zero-order valence-electron chi connectivity index (χ0n) is 8.13. The lowest BCUT2D eigenvalue weighted by atomic mass is 9.97. The minimum Gasteiger partial charge on any atom is -0.354 e. The molecule has 0 radical (unpaired) electrons. The summed E-state index contributed by atoms with van der Waals surface area (Å²) in [5, 5.41) is 7.18. The van der Waals surface area contributed by atoms with Gasteiger partial charge in [0.2, 0.25) is 5.95 Å². The summed E-state index contributed by atoms with van der Waals surface area (Å²) in [4.78, 5) is 4.06. The van der Waals surface area contributed by atoms with Gasteiger partial charge < -0.3 is 5.32 Å². The molecule has 4 nitrogen and oxygen atoms in total. The summed E-state index contributed by atoms with van der Waals surface area (Å²) in [7, 11) is 1.87. The van der Waals surface area contributed by atoms with Gasteiger partial charge in [-0.1, -0.05) is 20.8 Å². The summed E-state index contributed by atoms with van der Waals surface area (Å²) in [6.45, 7) is 7.43. The van der Waals surface area contributed by atoms with Crippen LogP contribution < -0.4 is 5.32 Å².